The van der Waals surface area contributed by atoms with E-state index >= 15 is 0 Å². The van der Waals surface area contributed by atoms with Gasteiger partial charge in [0.1, 0.15) is 0 Å². The van der Waals surface area contributed by atoms with Crippen LogP contribution in [0.5, 0.6) is 0 Å². The predicted molar refractivity (Wildman–Crippen MR) is 82.6 cm³/mol. The van der Waals surface area contributed by atoms with Crippen LogP contribution in [0.15, 0.2) is 30.3 Å². The van der Waals surface area contributed by atoms with Crippen molar-refractivity contribution in [1.82, 2.24) is 4.90 Å². The van der Waals surface area contributed by atoms with Crippen molar-refractivity contribution in [2.45, 2.75) is 51.7 Å². The van der Waals surface area contributed by atoms with E-state index in [4.69, 9.17) is 0 Å². The zero-order valence-electron chi connectivity index (χ0n) is 13.0. The van der Waals surface area contributed by atoms with Gasteiger partial charge in [0.2, 0.25) is 5.91 Å². The molecule has 21 heavy (non-hydrogen) atoms. The molecule has 1 aromatic carbocycles. The molecule has 0 radical (unpaired) electrons. The molecule has 3 rings (SSSR count). The van der Waals surface area contributed by atoms with Gasteiger partial charge in [0.15, 0.2) is 0 Å². The Balaban J connectivity index is 1.63. The van der Waals surface area contributed by atoms with Gasteiger partial charge >= 0.3 is 0 Å². The average molecular weight is 287 g/mol. The van der Waals surface area contributed by atoms with Crippen LogP contribution in [-0.2, 0) is 4.79 Å². The number of aliphatic hydroxyl groups is 1. The molecule has 3 nitrogen and oxygen atoms in total. The molecular formula is C18H25NO2. The van der Waals surface area contributed by atoms with E-state index in [1.54, 1.807) is 0 Å². The second-order valence-corrected chi connectivity index (χ2v) is 7.24. The van der Waals surface area contributed by atoms with Crippen molar-refractivity contribution in [2.24, 2.45) is 11.3 Å². The van der Waals surface area contributed by atoms with Gasteiger partial charge in [-0.2, -0.15) is 0 Å². The Morgan fingerprint density at radius 1 is 1.38 bits per heavy atom. The monoisotopic (exact) mass is 287 g/mol. The summed E-state index contributed by atoms with van der Waals surface area (Å²) in [6, 6.07) is 9.96. The SMILES string of the molecule is CC1(C)CC1C(=O)N1CCCC1CC(O)c1ccccc1. The lowest BCUT2D eigenvalue weighted by atomic mass is 10.00. The summed E-state index contributed by atoms with van der Waals surface area (Å²) >= 11 is 0. The van der Waals surface area contributed by atoms with Gasteiger partial charge in [-0.15, -0.1) is 0 Å². The molecule has 114 valence electrons. The van der Waals surface area contributed by atoms with E-state index in [9.17, 15) is 9.90 Å². The second kappa shape index (κ2) is 5.45. The lowest BCUT2D eigenvalue weighted by Gasteiger charge is -2.27. The summed E-state index contributed by atoms with van der Waals surface area (Å²) in [5.74, 6) is 0.509. The van der Waals surface area contributed by atoms with Crippen molar-refractivity contribution >= 4 is 5.91 Å². The Bertz CT molecular complexity index is 511. The maximum Gasteiger partial charge on any atom is 0.226 e. The van der Waals surface area contributed by atoms with Crippen LogP contribution in [0.1, 0.15) is 51.2 Å². The number of amides is 1. The molecule has 3 atom stereocenters. The second-order valence-electron chi connectivity index (χ2n) is 7.24. The lowest BCUT2D eigenvalue weighted by molar-refractivity contribution is -0.134. The van der Waals surface area contributed by atoms with Gasteiger partial charge in [-0.25, -0.2) is 0 Å². The van der Waals surface area contributed by atoms with Gasteiger partial charge in [-0.05, 0) is 36.7 Å². The first kappa shape index (κ1) is 14.6. The maximum absolute atomic E-state index is 12.6. The van der Waals surface area contributed by atoms with E-state index in [0.29, 0.717) is 12.3 Å². The molecule has 3 heteroatoms. The van der Waals surface area contributed by atoms with Gasteiger partial charge in [-0.1, -0.05) is 44.2 Å². The highest BCUT2D eigenvalue weighted by molar-refractivity contribution is 5.83. The molecule has 1 aliphatic heterocycles. The minimum Gasteiger partial charge on any atom is -0.388 e. The number of hydrogen-bond donors (Lipinski definition) is 1. The molecule has 1 amide bonds. The molecule has 0 spiro atoms. The van der Waals surface area contributed by atoms with Crippen molar-refractivity contribution in [2.75, 3.05) is 6.54 Å². The summed E-state index contributed by atoms with van der Waals surface area (Å²) in [6.07, 6.45) is 3.27. The van der Waals surface area contributed by atoms with Crippen molar-refractivity contribution < 1.29 is 9.90 Å². The molecule has 2 fully saturated rings. The standard InChI is InChI=1S/C18H25NO2/c1-18(2)12-15(18)17(21)19-10-6-9-14(19)11-16(20)13-7-4-3-5-8-13/h3-5,7-8,14-16,20H,6,9-12H2,1-2H3. The minimum absolute atomic E-state index is 0.183. The first-order valence-electron chi connectivity index (χ1n) is 8.02. The lowest BCUT2D eigenvalue weighted by Crippen LogP contribution is -2.38. The van der Waals surface area contributed by atoms with Crippen molar-refractivity contribution in [3.05, 3.63) is 35.9 Å². The number of rotatable bonds is 4. The fraction of sp³-hybridized carbons (Fsp3) is 0.611. The van der Waals surface area contributed by atoms with Gasteiger partial charge in [-0.3, -0.25) is 4.79 Å². The summed E-state index contributed by atoms with van der Waals surface area (Å²) in [7, 11) is 0. The first-order valence-corrected chi connectivity index (χ1v) is 8.02. The summed E-state index contributed by atoms with van der Waals surface area (Å²) in [4.78, 5) is 14.6. The van der Waals surface area contributed by atoms with Crippen LogP contribution in [0.25, 0.3) is 0 Å². The number of hydrogen-bond acceptors (Lipinski definition) is 2. The largest absolute Gasteiger partial charge is 0.388 e. The van der Waals surface area contributed by atoms with Crippen LogP contribution in [0.4, 0.5) is 0 Å². The molecule has 1 aliphatic carbocycles. The van der Waals surface area contributed by atoms with Crippen LogP contribution < -0.4 is 0 Å². The smallest absolute Gasteiger partial charge is 0.226 e. The van der Waals surface area contributed by atoms with E-state index in [2.05, 4.69) is 13.8 Å². The Morgan fingerprint density at radius 2 is 2.05 bits per heavy atom. The molecule has 1 aromatic rings. The highest BCUT2D eigenvalue weighted by Gasteiger charge is 2.53. The maximum atomic E-state index is 12.6. The van der Waals surface area contributed by atoms with Gasteiger partial charge in [0.25, 0.3) is 0 Å². The molecule has 1 saturated heterocycles. The fourth-order valence-corrected chi connectivity index (χ4v) is 3.53. The number of aliphatic hydroxyl groups excluding tert-OH is 1. The molecule has 0 bridgehead atoms. The Kier molecular flexibility index (Phi) is 3.78. The summed E-state index contributed by atoms with van der Waals surface area (Å²) in [5.41, 5.74) is 1.13. The third-order valence-corrected chi connectivity index (χ3v) is 5.15. The Hall–Kier alpha value is -1.35. The number of nitrogens with zero attached hydrogens (tertiary/aromatic N) is 1. The van der Waals surface area contributed by atoms with E-state index in [1.807, 2.05) is 35.2 Å². The molecule has 0 aromatic heterocycles. The van der Waals surface area contributed by atoms with Crippen LogP contribution in [-0.4, -0.2) is 28.5 Å². The van der Waals surface area contributed by atoms with Gasteiger partial charge in [0, 0.05) is 18.5 Å². The molecule has 3 unspecified atom stereocenters. The quantitative estimate of drug-likeness (QED) is 0.924. The number of likely N-dealkylation sites (tertiary alicyclic amines) is 1. The molecule has 1 heterocycles. The van der Waals surface area contributed by atoms with E-state index in [-0.39, 0.29) is 17.4 Å². The highest BCUT2D eigenvalue weighted by Crippen LogP contribution is 2.53. The van der Waals surface area contributed by atoms with Gasteiger partial charge in [0.05, 0.1) is 6.10 Å². The molecule has 1 N–H and O–H groups in total. The normalized spacial score (nSPS) is 28.4. The molecule has 1 saturated carbocycles. The minimum atomic E-state index is -0.475. The van der Waals surface area contributed by atoms with E-state index in [0.717, 1.165) is 31.4 Å². The van der Waals surface area contributed by atoms with E-state index < -0.39 is 6.10 Å². The zero-order chi connectivity index (χ0) is 15.0. The zero-order valence-corrected chi connectivity index (χ0v) is 13.0. The topological polar surface area (TPSA) is 40.5 Å². The summed E-state index contributed by atoms with van der Waals surface area (Å²) in [5, 5.41) is 10.4. The summed E-state index contributed by atoms with van der Waals surface area (Å²) in [6.45, 7) is 5.19. The van der Waals surface area contributed by atoms with E-state index in [1.165, 1.54) is 0 Å². The summed E-state index contributed by atoms with van der Waals surface area (Å²) < 4.78 is 0. The Labute approximate surface area is 127 Å². The van der Waals surface area contributed by atoms with Crippen molar-refractivity contribution in [3.63, 3.8) is 0 Å². The third kappa shape index (κ3) is 2.98. The van der Waals surface area contributed by atoms with Crippen LogP contribution >= 0.6 is 0 Å². The molecule has 2 aliphatic rings. The van der Waals surface area contributed by atoms with Crippen molar-refractivity contribution in [1.29, 1.82) is 0 Å². The Morgan fingerprint density at radius 3 is 2.67 bits per heavy atom. The first-order chi connectivity index (χ1) is 9.99. The number of benzene rings is 1. The van der Waals surface area contributed by atoms with Gasteiger partial charge < -0.3 is 10.0 Å². The van der Waals surface area contributed by atoms with Crippen LogP contribution in [0.3, 0.4) is 0 Å². The molecular weight excluding hydrogens is 262 g/mol. The number of carbonyl (C=O) groups is 1. The fourth-order valence-electron chi connectivity index (χ4n) is 3.53. The van der Waals surface area contributed by atoms with Crippen molar-refractivity contribution in [3.8, 4) is 0 Å². The van der Waals surface area contributed by atoms with Crippen LogP contribution in [0, 0.1) is 11.3 Å². The predicted octanol–water partition coefficient (Wildman–Crippen LogP) is 3.15. The average Bonchev–Trinajstić information content (AvgIpc) is 2.89. The number of carbonyl (C=O) groups excluding carboxylic acids is 1. The highest BCUT2D eigenvalue weighted by atomic mass is 16.3. The van der Waals surface area contributed by atoms with Crippen LogP contribution in [0.2, 0.25) is 0 Å². The third-order valence-electron chi connectivity index (χ3n) is 5.15.